The summed E-state index contributed by atoms with van der Waals surface area (Å²) in [6.45, 7) is 11.2. The molecule has 0 amide bonds. The number of benzene rings is 2. The van der Waals surface area contributed by atoms with Gasteiger partial charge in [0.05, 0.1) is 0 Å². The Morgan fingerprint density at radius 2 is 1.26 bits per heavy atom. The van der Waals surface area contributed by atoms with E-state index in [9.17, 15) is 8.42 Å². The van der Waals surface area contributed by atoms with Gasteiger partial charge in [-0.3, -0.25) is 0 Å². The number of hydrogen-bond acceptors (Lipinski definition) is 5. The second-order valence-corrected chi connectivity index (χ2v) is 11.2. The van der Waals surface area contributed by atoms with E-state index in [1.165, 1.54) is 0 Å². The SMILES string of the molecule is CCC(C)(C)S(=O)(=O)Oc1ccc(Sc2ccc(OC(C)(C)C)cc2)cc1. The van der Waals surface area contributed by atoms with E-state index in [0.717, 1.165) is 15.5 Å². The van der Waals surface area contributed by atoms with Gasteiger partial charge in [0.2, 0.25) is 0 Å². The van der Waals surface area contributed by atoms with Crippen LogP contribution in [0.1, 0.15) is 48.0 Å². The molecule has 2 aromatic carbocycles. The Labute approximate surface area is 167 Å². The largest absolute Gasteiger partial charge is 0.488 e. The molecule has 0 aliphatic carbocycles. The number of hydrogen-bond donors (Lipinski definition) is 0. The Kier molecular flexibility index (Phi) is 6.53. The van der Waals surface area contributed by atoms with Gasteiger partial charge in [0.25, 0.3) is 0 Å². The van der Waals surface area contributed by atoms with Crippen LogP contribution in [-0.4, -0.2) is 18.8 Å². The summed E-state index contributed by atoms with van der Waals surface area (Å²) in [7, 11) is -3.68. The average Bonchev–Trinajstić information content (AvgIpc) is 2.56. The van der Waals surface area contributed by atoms with Gasteiger partial charge < -0.3 is 8.92 Å². The lowest BCUT2D eigenvalue weighted by molar-refractivity contribution is 0.131. The zero-order valence-corrected chi connectivity index (χ0v) is 18.4. The Balaban J connectivity index is 2.04. The summed E-state index contributed by atoms with van der Waals surface area (Å²) in [6.07, 6.45) is 0.484. The first-order valence-corrected chi connectivity index (χ1v) is 11.2. The minimum Gasteiger partial charge on any atom is -0.488 e. The van der Waals surface area contributed by atoms with Crippen LogP contribution in [0.25, 0.3) is 0 Å². The van der Waals surface area contributed by atoms with Crippen molar-refractivity contribution in [2.45, 2.75) is 68.1 Å². The third-order valence-electron chi connectivity index (χ3n) is 4.04. The van der Waals surface area contributed by atoms with Crippen molar-refractivity contribution in [1.29, 1.82) is 0 Å². The van der Waals surface area contributed by atoms with Gasteiger partial charge in [-0.05, 0) is 89.6 Å². The van der Waals surface area contributed by atoms with Crippen molar-refractivity contribution >= 4 is 21.9 Å². The van der Waals surface area contributed by atoms with E-state index in [-0.39, 0.29) is 5.60 Å². The molecule has 0 N–H and O–H groups in total. The van der Waals surface area contributed by atoms with Gasteiger partial charge in [0.15, 0.2) is 0 Å². The molecule has 0 bridgehead atoms. The van der Waals surface area contributed by atoms with E-state index in [2.05, 4.69) is 0 Å². The van der Waals surface area contributed by atoms with Crippen molar-refractivity contribution in [2.75, 3.05) is 0 Å². The Hall–Kier alpha value is -1.66. The second-order valence-electron chi connectivity index (χ2n) is 7.91. The maximum absolute atomic E-state index is 12.3. The molecule has 2 rings (SSSR count). The number of rotatable bonds is 7. The fourth-order valence-corrected chi connectivity index (χ4v) is 3.80. The minimum atomic E-state index is -3.68. The summed E-state index contributed by atoms with van der Waals surface area (Å²) in [5.41, 5.74) is -0.225. The van der Waals surface area contributed by atoms with Crippen LogP contribution in [0.3, 0.4) is 0 Å². The Morgan fingerprint density at radius 1 is 0.815 bits per heavy atom. The van der Waals surface area contributed by atoms with E-state index < -0.39 is 14.9 Å². The molecule has 0 saturated carbocycles. The molecule has 0 fully saturated rings. The van der Waals surface area contributed by atoms with Gasteiger partial charge in [0.1, 0.15) is 21.8 Å². The highest BCUT2D eigenvalue weighted by Crippen LogP contribution is 2.32. The molecule has 148 valence electrons. The van der Waals surface area contributed by atoms with Crippen molar-refractivity contribution in [2.24, 2.45) is 0 Å². The summed E-state index contributed by atoms with van der Waals surface area (Å²) in [5.74, 6) is 1.16. The van der Waals surface area contributed by atoms with E-state index >= 15 is 0 Å². The van der Waals surface area contributed by atoms with E-state index in [1.807, 2.05) is 64.1 Å². The normalized spacial score (nSPS) is 12.7. The zero-order valence-electron chi connectivity index (χ0n) is 16.8. The van der Waals surface area contributed by atoms with E-state index in [0.29, 0.717) is 12.2 Å². The molecule has 0 aliphatic heterocycles. The maximum Gasteiger partial charge on any atom is 0.314 e. The second kappa shape index (κ2) is 8.15. The molecule has 4 nitrogen and oxygen atoms in total. The first-order chi connectivity index (χ1) is 12.4. The van der Waals surface area contributed by atoms with Gasteiger partial charge in [0, 0.05) is 9.79 Å². The highest BCUT2D eigenvalue weighted by Gasteiger charge is 2.34. The molecular weight excluding hydrogens is 380 g/mol. The summed E-state index contributed by atoms with van der Waals surface area (Å²) < 4.78 is 34.8. The van der Waals surface area contributed by atoms with Crippen LogP contribution in [0.5, 0.6) is 11.5 Å². The monoisotopic (exact) mass is 408 g/mol. The molecule has 0 atom stereocenters. The molecule has 2 aromatic rings. The summed E-state index contributed by atoms with van der Waals surface area (Å²) in [4.78, 5) is 2.07. The van der Waals surface area contributed by atoms with Crippen LogP contribution in [0.2, 0.25) is 0 Å². The summed E-state index contributed by atoms with van der Waals surface area (Å²) in [6, 6.07) is 15.0. The van der Waals surface area contributed by atoms with Crippen molar-refractivity contribution in [3.8, 4) is 11.5 Å². The third kappa shape index (κ3) is 6.18. The minimum absolute atomic E-state index is 0.225. The van der Waals surface area contributed by atoms with Crippen LogP contribution >= 0.6 is 11.8 Å². The lowest BCUT2D eigenvalue weighted by Gasteiger charge is -2.22. The maximum atomic E-state index is 12.3. The fourth-order valence-electron chi connectivity index (χ4n) is 2.04. The number of ether oxygens (including phenoxy) is 1. The van der Waals surface area contributed by atoms with Crippen molar-refractivity contribution in [3.05, 3.63) is 48.5 Å². The van der Waals surface area contributed by atoms with Crippen molar-refractivity contribution in [3.63, 3.8) is 0 Å². The fraction of sp³-hybridized carbons (Fsp3) is 0.429. The van der Waals surface area contributed by atoms with Gasteiger partial charge in [-0.2, -0.15) is 8.42 Å². The predicted molar refractivity (Wildman–Crippen MR) is 111 cm³/mol. The Morgan fingerprint density at radius 3 is 1.67 bits per heavy atom. The van der Waals surface area contributed by atoms with E-state index in [4.69, 9.17) is 8.92 Å². The van der Waals surface area contributed by atoms with Crippen LogP contribution < -0.4 is 8.92 Å². The van der Waals surface area contributed by atoms with Gasteiger partial charge in [-0.25, -0.2) is 0 Å². The lowest BCUT2D eigenvalue weighted by Crippen LogP contribution is -2.34. The zero-order chi connectivity index (χ0) is 20.3. The summed E-state index contributed by atoms with van der Waals surface area (Å²) in [5, 5.41) is 0. The first kappa shape index (κ1) is 21.6. The molecule has 27 heavy (non-hydrogen) atoms. The van der Waals surface area contributed by atoms with E-state index in [1.54, 1.807) is 37.7 Å². The van der Waals surface area contributed by atoms with Crippen LogP contribution in [0.4, 0.5) is 0 Å². The standard InChI is InChI=1S/C21H28O4S2/c1-7-21(5,6)27(22,23)25-17-10-14-19(15-11-17)26-18-12-8-16(9-13-18)24-20(2,3)4/h8-15H,7H2,1-6H3. The molecule has 0 radical (unpaired) electrons. The molecular formula is C21H28O4S2. The van der Waals surface area contributed by atoms with Crippen LogP contribution in [0, 0.1) is 0 Å². The first-order valence-electron chi connectivity index (χ1n) is 8.93. The molecule has 6 heteroatoms. The smallest absolute Gasteiger partial charge is 0.314 e. The van der Waals surface area contributed by atoms with Crippen LogP contribution in [-0.2, 0) is 10.1 Å². The highest BCUT2D eigenvalue weighted by molar-refractivity contribution is 7.99. The van der Waals surface area contributed by atoms with Crippen molar-refractivity contribution in [1.82, 2.24) is 0 Å². The highest BCUT2D eigenvalue weighted by atomic mass is 32.2. The molecule has 0 aromatic heterocycles. The average molecular weight is 409 g/mol. The van der Waals surface area contributed by atoms with Gasteiger partial charge in [-0.1, -0.05) is 18.7 Å². The molecule has 0 saturated heterocycles. The van der Waals surface area contributed by atoms with Crippen molar-refractivity contribution < 1.29 is 17.3 Å². The van der Waals surface area contributed by atoms with Gasteiger partial charge >= 0.3 is 10.1 Å². The van der Waals surface area contributed by atoms with Crippen LogP contribution in [0.15, 0.2) is 58.3 Å². The Bertz CT molecular complexity index is 847. The topological polar surface area (TPSA) is 52.6 Å². The van der Waals surface area contributed by atoms with Gasteiger partial charge in [-0.15, -0.1) is 0 Å². The predicted octanol–water partition coefficient (Wildman–Crippen LogP) is 5.91. The third-order valence-corrected chi connectivity index (χ3v) is 7.11. The molecule has 0 heterocycles. The summed E-state index contributed by atoms with van der Waals surface area (Å²) >= 11 is 1.59. The quantitative estimate of drug-likeness (QED) is 0.533. The molecule has 0 unspecified atom stereocenters. The molecule has 0 aliphatic rings. The molecule has 0 spiro atoms. The lowest BCUT2D eigenvalue weighted by atomic mass is 10.1.